The van der Waals surface area contributed by atoms with E-state index < -0.39 is 10.0 Å². The first-order chi connectivity index (χ1) is 14.9. The van der Waals surface area contributed by atoms with Crippen molar-refractivity contribution >= 4 is 33.0 Å². The van der Waals surface area contributed by atoms with Gasteiger partial charge in [-0.05, 0) is 53.9 Å². The van der Waals surface area contributed by atoms with Crippen LogP contribution in [0.2, 0.25) is 0 Å². The summed E-state index contributed by atoms with van der Waals surface area (Å²) in [6, 6.07) is 18.3. The van der Waals surface area contributed by atoms with Gasteiger partial charge in [0.25, 0.3) is 10.0 Å². The van der Waals surface area contributed by atoms with E-state index in [0.29, 0.717) is 12.2 Å². The summed E-state index contributed by atoms with van der Waals surface area (Å²) in [5.41, 5.74) is 3.56. The first kappa shape index (κ1) is 23.0. The molecule has 164 valence electrons. The minimum absolute atomic E-state index is 0.0806. The van der Waals surface area contributed by atoms with Gasteiger partial charge in [-0.1, -0.05) is 49.4 Å². The van der Waals surface area contributed by atoms with E-state index in [0.717, 1.165) is 35.6 Å². The highest BCUT2D eigenvalue weighted by Gasteiger charge is 2.15. The second-order valence-electron chi connectivity index (χ2n) is 7.34. The summed E-state index contributed by atoms with van der Waals surface area (Å²) < 4.78 is 27.4. The van der Waals surface area contributed by atoms with Crippen LogP contribution in [-0.4, -0.2) is 32.8 Å². The van der Waals surface area contributed by atoms with Crippen molar-refractivity contribution in [3.05, 3.63) is 82.7 Å². The molecule has 3 rings (SSSR count). The van der Waals surface area contributed by atoms with Crippen LogP contribution in [0.3, 0.4) is 0 Å². The van der Waals surface area contributed by atoms with Crippen molar-refractivity contribution in [2.45, 2.75) is 30.6 Å². The molecule has 0 bridgehead atoms. The van der Waals surface area contributed by atoms with Crippen molar-refractivity contribution in [2.75, 3.05) is 18.3 Å². The predicted molar refractivity (Wildman–Crippen MR) is 126 cm³/mol. The lowest BCUT2D eigenvalue weighted by Gasteiger charge is -2.14. The molecule has 1 heterocycles. The van der Waals surface area contributed by atoms with Crippen LogP contribution in [0.25, 0.3) is 0 Å². The van der Waals surface area contributed by atoms with Gasteiger partial charge in [-0.25, -0.2) is 8.42 Å². The highest BCUT2D eigenvalue weighted by atomic mass is 32.2. The second-order valence-corrected chi connectivity index (χ2v) is 10.2. The van der Waals surface area contributed by atoms with Crippen LogP contribution in [0.4, 0.5) is 5.69 Å². The third-order valence-corrected chi connectivity index (χ3v) is 7.58. The Balaban J connectivity index is 1.51. The van der Waals surface area contributed by atoms with Crippen molar-refractivity contribution in [1.29, 1.82) is 0 Å². The molecule has 0 radical (unpaired) electrons. The molecular weight excluding hydrogens is 430 g/mol. The molecule has 8 heteroatoms. The Kier molecular flexibility index (Phi) is 7.84. The molecular formula is C23H27N3O3S2. The fourth-order valence-electron chi connectivity index (χ4n) is 3.02. The van der Waals surface area contributed by atoms with Gasteiger partial charge in [-0.2, -0.15) is 0 Å². The summed E-state index contributed by atoms with van der Waals surface area (Å²) >= 11 is 1.16. The molecule has 0 saturated heterocycles. The Hall–Kier alpha value is -2.68. The van der Waals surface area contributed by atoms with E-state index in [1.165, 1.54) is 5.56 Å². The third-order valence-electron chi connectivity index (χ3n) is 4.80. The molecule has 2 N–H and O–H groups in total. The number of rotatable bonds is 10. The number of benzene rings is 2. The van der Waals surface area contributed by atoms with Crippen LogP contribution in [0, 0.1) is 0 Å². The summed E-state index contributed by atoms with van der Waals surface area (Å²) in [4.78, 5) is 14.6. The number of carbonyl (C=O) groups is 1. The first-order valence-electron chi connectivity index (χ1n) is 10.0. The van der Waals surface area contributed by atoms with Crippen molar-refractivity contribution in [3.63, 3.8) is 0 Å². The van der Waals surface area contributed by atoms with Gasteiger partial charge in [0.1, 0.15) is 4.21 Å². The van der Waals surface area contributed by atoms with Crippen LogP contribution in [-0.2, 0) is 34.3 Å². The normalized spacial score (nSPS) is 11.5. The predicted octanol–water partition coefficient (Wildman–Crippen LogP) is 3.86. The summed E-state index contributed by atoms with van der Waals surface area (Å²) in [5.74, 6) is -0.0806. The minimum atomic E-state index is -3.57. The molecule has 0 aliphatic rings. The first-order valence-corrected chi connectivity index (χ1v) is 12.4. The van der Waals surface area contributed by atoms with E-state index in [4.69, 9.17) is 0 Å². The molecule has 6 nitrogen and oxygen atoms in total. The molecule has 0 spiro atoms. The quantitative estimate of drug-likeness (QED) is 0.485. The molecule has 3 aromatic rings. The maximum atomic E-state index is 12.3. The molecule has 2 aromatic carbocycles. The molecule has 0 atom stereocenters. The zero-order valence-electron chi connectivity index (χ0n) is 17.7. The van der Waals surface area contributed by atoms with E-state index in [1.54, 1.807) is 41.8 Å². The smallest absolute Gasteiger partial charge is 0.271 e. The van der Waals surface area contributed by atoms with Gasteiger partial charge in [-0.15, -0.1) is 11.3 Å². The Morgan fingerprint density at radius 1 is 1.00 bits per heavy atom. The van der Waals surface area contributed by atoms with Crippen LogP contribution < -0.4 is 10.0 Å². The summed E-state index contributed by atoms with van der Waals surface area (Å²) in [7, 11) is -1.50. The Morgan fingerprint density at radius 3 is 2.42 bits per heavy atom. The lowest BCUT2D eigenvalue weighted by atomic mass is 10.1. The van der Waals surface area contributed by atoms with Gasteiger partial charge in [0.2, 0.25) is 5.91 Å². The monoisotopic (exact) mass is 457 g/mol. The summed E-state index contributed by atoms with van der Waals surface area (Å²) in [6.07, 6.45) is 0.232. The Bertz CT molecular complexity index is 1100. The standard InChI is InChI=1S/C23H27N3O3S2/c1-3-26(2)17-20-7-4-6-19(14-20)16-24-22(27)15-18-9-11-21(12-10-18)25-31(28,29)23-8-5-13-30-23/h4-14,25H,3,15-17H2,1-2H3,(H,24,27). The highest BCUT2D eigenvalue weighted by molar-refractivity contribution is 7.94. The molecule has 1 aromatic heterocycles. The highest BCUT2D eigenvalue weighted by Crippen LogP contribution is 2.20. The topological polar surface area (TPSA) is 78.5 Å². The van der Waals surface area contributed by atoms with Crippen LogP contribution in [0.15, 0.2) is 70.3 Å². The largest absolute Gasteiger partial charge is 0.352 e. The van der Waals surface area contributed by atoms with E-state index >= 15 is 0 Å². The van der Waals surface area contributed by atoms with Crippen LogP contribution in [0.1, 0.15) is 23.6 Å². The number of amides is 1. The number of carbonyl (C=O) groups excluding carboxylic acids is 1. The SMILES string of the molecule is CCN(C)Cc1cccc(CNC(=O)Cc2ccc(NS(=O)(=O)c3cccs3)cc2)c1. The molecule has 0 unspecified atom stereocenters. The number of nitrogens with one attached hydrogen (secondary N) is 2. The summed E-state index contributed by atoms with van der Waals surface area (Å²) in [6.45, 7) is 4.45. The van der Waals surface area contributed by atoms with Gasteiger partial charge < -0.3 is 10.2 Å². The zero-order valence-corrected chi connectivity index (χ0v) is 19.3. The molecule has 31 heavy (non-hydrogen) atoms. The fourth-order valence-corrected chi connectivity index (χ4v) is 5.07. The van der Waals surface area contributed by atoms with Gasteiger partial charge >= 0.3 is 0 Å². The van der Waals surface area contributed by atoms with Crippen molar-refractivity contribution < 1.29 is 13.2 Å². The van der Waals surface area contributed by atoms with Crippen molar-refractivity contribution in [3.8, 4) is 0 Å². The molecule has 0 fully saturated rings. The van der Waals surface area contributed by atoms with E-state index in [9.17, 15) is 13.2 Å². The van der Waals surface area contributed by atoms with Crippen molar-refractivity contribution in [2.24, 2.45) is 0 Å². The zero-order chi connectivity index (χ0) is 22.3. The number of thiophene rings is 1. The molecule has 0 saturated carbocycles. The molecule has 1 amide bonds. The summed E-state index contributed by atoms with van der Waals surface area (Å²) in [5, 5.41) is 4.67. The maximum absolute atomic E-state index is 12.3. The number of nitrogens with zero attached hydrogens (tertiary/aromatic N) is 1. The number of anilines is 1. The minimum Gasteiger partial charge on any atom is -0.352 e. The Labute approximate surface area is 188 Å². The van der Waals surface area contributed by atoms with Gasteiger partial charge in [0.15, 0.2) is 0 Å². The van der Waals surface area contributed by atoms with Crippen molar-refractivity contribution in [1.82, 2.24) is 10.2 Å². The van der Waals surface area contributed by atoms with Gasteiger partial charge in [0.05, 0.1) is 6.42 Å². The van der Waals surface area contributed by atoms with E-state index in [2.05, 4.69) is 41.0 Å². The van der Waals surface area contributed by atoms with Gasteiger partial charge in [0, 0.05) is 18.8 Å². The second kappa shape index (κ2) is 10.6. The van der Waals surface area contributed by atoms with Crippen LogP contribution in [0.5, 0.6) is 0 Å². The van der Waals surface area contributed by atoms with E-state index in [1.807, 2.05) is 12.1 Å². The lowest BCUT2D eigenvalue weighted by Crippen LogP contribution is -2.24. The average Bonchev–Trinajstić information content (AvgIpc) is 3.30. The number of hydrogen-bond donors (Lipinski definition) is 2. The molecule has 0 aliphatic carbocycles. The fraction of sp³-hybridized carbons (Fsp3) is 0.261. The van der Waals surface area contributed by atoms with Crippen LogP contribution >= 0.6 is 11.3 Å². The average molecular weight is 458 g/mol. The number of hydrogen-bond acceptors (Lipinski definition) is 5. The van der Waals surface area contributed by atoms with E-state index in [-0.39, 0.29) is 16.5 Å². The maximum Gasteiger partial charge on any atom is 0.271 e. The van der Waals surface area contributed by atoms with Gasteiger partial charge in [-0.3, -0.25) is 9.52 Å². The number of sulfonamides is 1. The molecule has 0 aliphatic heterocycles. The Morgan fingerprint density at radius 2 is 1.74 bits per heavy atom. The lowest BCUT2D eigenvalue weighted by molar-refractivity contribution is -0.120. The third kappa shape index (κ3) is 6.92.